The largest absolute Gasteiger partial charge is 0.331 e. The zero-order chi connectivity index (χ0) is 10.8. The van der Waals surface area contributed by atoms with Crippen molar-refractivity contribution in [1.29, 1.82) is 0 Å². The molecule has 2 rings (SSSR count). The van der Waals surface area contributed by atoms with E-state index in [2.05, 4.69) is 11.1 Å². The van der Waals surface area contributed by atoms with Crippen molar-refractivity contribution in [2.45, 2.75) is 6.92 Å². The van der Waals surface area contributed by atoms with E-state index in [0.717, 1.165) is 17.5 Å². The molecular weight excluding hydrogens is 188 g/mol. The molecule has 3 nitrogen and oxygen atoms in total. The van der Waals surface area contributed by atoms with Crippen LogP contribution in [0.2, 0.25) is 0 Å². The standard InChI is InChI=1S/C12H12N2O/c1-9-4-3-5-10(6-9)11-7-14(2)12(8-15)13-11/h3-8H,1-2H3. The van der Waals surface area contributed by atoms with Crippen LogP contribution in [-0.4, -0.2) is 15.8 Å². The number of hydrogen-bond donors (Lipinski definition) is 0. The average Bonchev–Trinajstić information content (AvgIpc) is 2.60. The predicted molar refractivity (Wildman–Crippen MR) is 58.8 cm³/mol. The molecule has 1 aromatic heterocycles. The first kappa shape index (κ1) is 9.65. The summed E-state index contributed by atoms with van der Waals surface area (Å²) >= 11 is 0. The molecule has 0 spiro atoms. The third-order valence-electron chi connectivity index (χ3n) is 2.33. The topological polar surface area (TPSA) is 34.9 Å². The van der Waals surface area contributed by atoms with Gasteiger partial charge < -0.3 is 4.57 Å². The summed E-state index contributed by atoms with van der Waals surface area (Å²) in [5.41, 5.74) is 3.06. The van der Waals surface area contributed by atoms with Crippen LogP contribution in [0.15, 0.2) is 30.5 Å². The van der Waals surface area contributed by atoms with Crippen LogP contribution in [0.5, 0.6) is 0 Å². The number of rotatable bonds is 2. The van der Waals surface area contributed by atoms with E-state index in [0.29, 0.717) is 5.82 Å². The molecule has 1 aromatic carbocycles. The molecule has 0 N–H and O–H groups in total. The number of carbonyl (C=O) groups is 1. The van der Waals surface area contributed by atoms with E-state index in [1.54, 1.807) is 4.57 Å². The number of imidazole rings is 1. The highest BCUT2D eigenvalue weighted by Gasteiger charge is 2.05. The van der Waals surface area contributed by atoms with Crippen molar-refractivity contribution >= 4 is 6.29 Å². The SMILES string of the molecule is Cc1cccc(-c2cn(C)c(C=O)n2)c1. The Balaban J connectivity index is 2.49. The van der Waals surface area contributed by atoms with Gasteiger partial charge in [-0.05, 0) is 13.0 Å². The van der Waals surface area contributed by atoms with E-state index in [1.165, 1.54) is 5.56 Å². The van der Waals surface area contributed by atoms with Gasteiger partial charge in [0.25, 0.3) is 0 Å². The molecule has 3 heteroatoms. The Hall–Kier alpha value is -1.90. The Kier molecular flexibility index (Phi) is 2.37. The minimum Gasteiger partial charge on any atom is -0.331 e. The highest BCUT2D eigenvalue weighted by molar-refractivity contribution is 5.72. The van der Waals surface area contributed by atoms with Gasteiger partial charge >= 0.3 is 0 Å². The summed E-state index contributed by atoms with van der Waals surface area (Å²) in [5, 5.41) is 0. The molecule has 0 radical (unpaired) electrons. The predicted octanol–water partition coefficient (Wildman–Crippen LogP) is 2.21. The molecule has 0 saturated carbocycles. The monoisotopic (exact) mass is 200 g/mol. The van der Waals surface area contributed by atoms with Crippen LogP contribution in [0.25, 0.3) is 11.3 Å². The first-order valence-corrected chi connectivity index (χ1v) is 4.76. The fourth-order valence-corrected chi connectivity index (χ4v) is 1.53. The summed E-state index contributed by atoms with van der Waals surface area (Å²) in [5.74, 6) is 0.450. The zero-order valence-electron chi connectivity index (χ0n) is 8.77. The van der Waals surface area contributed by atoms with Crippen molar-refractivity contribution in [3.63, 3.8) is 0 Å². The molecular formula is C12H12N2O. The second-order valence-electron chi connectivity index (χ2n) is 3.58. The molecule has 0 aliphatic rings. The fraction of sp³-hybridized carbons (Fsp3) is 0.167. The van der Waals surface area contributed by atoms with E-state index >= 15 is 0 Å². The first-order valence-electron chi connectivity index (χ1n) is 4.76. The van der Waals surface area contributed by atoms with Crippen molar-refractivity contribution in [2.24, 2.45) is 7.05 Å². The molecule has 0 aliphatic carbocycles. The Bertz CT molecular complexity index is 500. The highest BCUT2D eigenvalue weighted by Crippen LogP contribution is 2.18. The summed E-state index contributed by atoms with van der Waals surface area (Å²) in [6.45, 7) is 2.03. The minimum atomic E-state index is 0.450. The van der Waals surface area contributed by atoms with E-state index in [9.17, 15) is 4.79 Å². The van der Waals surface area contributed by atoms with E-state index in [4.69, 9.17) is 0 Å². The third-order valence-corrected chi connectivity index (χ3v) is 2.33. The summed E-state index contributed by atoms with van der Waals surface area (Å²) < 4.78 is 1.73. The number of benzene rings is 1. The Morgan fingerprint density at radius 3 is 2.80 bits per heavy atom. The lowest BCUT2D eigenvalue weighted by Gasteiger charge is -1.97. The molecule has 0 amide bonds. The molecule has 0 unspecified atom stereocenters. The van der Waals surface area contributed by atoms with Crippen molar-refractivity contribution in [3.05, 3.63) is 41.9 Å². The average molecular weight is 200 g/mol. The van der Waals surface area contributed by atoms with Gasteiger partial charge in [0, 0.05) is 18.8 Å². The molecule has 76 valence electrons. The molecule has 0 fully saturated rings. The van der Waals surface area contributed by atoms with Crippen LogP contribution < -0.4 is 0 Å². The van der Waals surface area contributed by atoms with Crippen LogP contribution in [-0.2, 0) is 7.05 Å². The number of carbonyl (C=O) groups excluding carboxylic acids is 1. The molecule has 0 saturated heterocycles. The lowest BCUT2D eigenvalue weighted by Crippen LogP contribution is -1.92. The van der Waals surface area contributed by atoms with Crippen LogP contribution in [0.4, 0.5) is 0 Å². The van der Waals surface area contributed by atoms with Gasteiger partial charge in [-0.3, -0.25) is 4.79 Å². The van der Waals surface area contributed by atoms with Crippen molar-refractivity contribution < 1.29 is 4.79 Å². The maximum absolute atomic E-state index is 10.7. The molecule has 15 heavy (non-hydrogen) atoms. The lowest BCUT2D eigenvalue weighted by atomic mass is 10.1. The Labute approximate surface area is 88.4 Å². The lowest BCUT2D eigenvalue weighted by molar-refractivity contribution is 0.111. The molecule has 1 heterocycles. The van der Waals surface area contributed by atoms with Crippen molar-refractivity contribution in [3.8, 4) is 11.3 Å². The van der Waals surface area contributed by atoms with Gasteiger partial charge in [0.15, 0.2) is 12.1 Å². The number of hydrogen-bond acceptors (Lipinski definition) is 2. The summed E-state index contributed by atoms with van der Waals surface area (Å²) in [6, 6.07) is 8.06. The number of aldehydes is 1. The zero-order valence-corrected chi connectivity index (χ0v) is 8.77. The van der Waals surface area contributed by atoms with E-state index in [1.807, 2.05) is 38.4 Å². The summed E-state index contributed by atoms with van der Waals surface area (Å²) in [7, 11) is 1.82. The second kappa shape index (κ2) is 3.69. The molecule has 2 aromatic rings. The molecule has 0 atom stereocenters. The van der Waals surface area contributed by atoms with Crippen LogP contribution in [0.1, 0.15) is 16.2 Å². The Morgan fingerprint density at radius 1 is 1.40 bits per heavy atom. The maximum Gasteiger partial charge on any atom is 0.185 e. The number of aromatic nitrogens is 2. The minimum absolute atomic E-state index is 0.450. The number of aryl methyl sites for hydroxylation is 2. The maximum atomic E-state index is 10.7. The highest BCUT2D eigenvalue weighted by atomic mass is 16.1. The van der Waals surface area contributed by atoms with Gasteiger partial charge in [0.2, 0.25) is 0 Å². The van der Waals surface area contributed by atoms with Crippen molar-refractivity contribution in [2.75, 3.05) is 0 Å². The van der Waals surface area contributed by atoms with Crippen LogP contribution in [0, 0.1) is 6.92 Å². The van der Waals surface area contributed by atoms with E-state index in [-0.39, 0.29) is 0 Å². The number of nitrogens with zero attached hydrogens (tertiary/aromatic N) is 2. The summed E-state index contributed by atoms with van der Waals surface area (Å²) in [6.07, 6.45) is 2.62. The normalized spacial score (nSPS) is 10.3. The summed E-state index contributed by atoms with van der Waals surface area (Å²) in [4.78, 5) is 14.9. The first-order chi connectivity index (χ1) is 7.20. The van der Waals surface area contributed by atoms with Gasteiger partial charge in [-0.2, -0.15) is 0 Å². The smallest absolute Gasteiger partial charge is 0.185 e. The van der Waals surface area contributed by atoms with Crippen LogP contribution >= 0.6 is 0 Å². The van der Waals surface area contributed by atoms with Gasteiger partial charge in [-0.25, -0.2) is 4.98 Å². The van der Waals surface area contributed by atoms with E-state index < -0.39 is 0 Å². The van der Waals surface area contributed by atoms with Gasteiger partial charge in [-0.15, -0.1) is 0 Å². The van der Waals surface area contributed by atoms with Gasteiger partial charge in [-0.1, -0.05) is 23.8 Å². The fourth-order valence-electron chi connectivity index (χ4n) is 1.53. The quantitative estimate of drug-likeness (QED) is 0.696. The van der Waals surface area contributed by atoms with Gasteiger partial charge in [0.1, 0.15) is 0 Å². The van der Waals surface area contributed by atoms with Gasteiger partial charge in [0.05, 0.1) is 5.69 Å². The van der Waals surface area contributed by atoms with Crippen molar-refractivity contribution in [1.82, 2.24) is 9.55 Å². The Morgan fingerprint density at radius 2 is 2.20 bits per heavy atom. The molecule has 0 aliphatic heterocycles. The second-order valence-corrected chi connectivity index (χ2v) is 3.58. The third kappa shape index (κ3) is 1.81. The molecule has 0 bridgehead atoms. The van der Waals surface area contributed by atoms with Crippen LogP contribution in [0.3, 0.4) is 0 Å².